The van der Waals surface area contributed by atoms with Crippen LogP contribution in [-0.2, 0) is 0 Å². The Balaban J connectivity index is 1.32. The average molecular weight is 340 g/mol. The zero-order chi connectivity index (χ0) is 17.2. The van der Waals surface area contributed by atoms with Crippen LogP contribution in [0.3, 0.4) is 0 Å². The van der Waals surface area contributed by atoms with Crippen molar-refractivity contribution in [3.63, 3.8) is 0 Å². The number of nitrogens with one attached hydrogen (secondary N) is 2. The zero-order valence-corrected chi connectivity index (χ0v) is 14.4. The van der Waals surface area contributed by atoms with E-state index in [1.165, 1.54) is 11.3 Å². The fraction of sp³-hybridized carbons (Fsp3) is 0.474. The highest BCUT2D eigenvalue weighted by Crippen LogP contribution is 2.35. The maximum absolute atomic E-state index is 12.6. The van der Waals surface area contributed by atoms with Crippen molar-refractivity contribution < 1.29 is 9.53 Å². The van der Waals surface area contributed by atoms with Gasteiger partial charge in [0.15, 0.2) is 0 Å². The first kappa shape index (κ1) is 16.0. The van der Waals surface area contributed by atoms with Crippen molar-refractivity contribution in [3.8, 4) is 5.75 Å². The van der Waals surface area contributed by atoms with Crippen LogP contribution >= 0.6 is 0 Å². The molecule has 0 saturated carbocycles. The summed E-state index contributed by atoms with van der Waals surface area (Å²) in [6.07, 6.45) is 3.73. The molecule has 6 nitrogen and oxygen atoms in total. The minimum Gasteiger partial charge on any atom is -0.493 e. The molecule has 4 rings (SSSR count). The lowest BCUT2D eigenvalue weighted by molar-refractivity contribution is 0.175. The molecule has 0 bridgehead atoms. The molecule has 0 radical (unpaired) electrons. The van der Waals surface area contributed by atoms with Gasteiger partial charge in [-0.05, 0) is 31.9 Å². The van der Waals surface area contributed by atoms with Crippen LogP contribution < -0.4 is 10.1 Å². The number of rotatable bonds is 3. The van der Waals surface area contributed by atoms with Gasteiger partial charge in [-0.15, -0.1) is 0 Å². The number of H-pyrrole nitrogens is 1. The fourth-order valence-corrected chi connectivity index (χ4v) is 3.88. The van der Waals surface area contributed by atoms with E-state index in [-0.39, 0.29) is 18.0 Å². The molecule has 2 aromatic rings. The van der Waals surface area contributed by atoms with Gasteiger partial charge in [0.1, 0.15) is 5.75 Å². The lowest BCUT2D eigenvalue weighted by Crippen LogP contribution is -2.48. The van der Waals surface area contributed by atoms with Gasteiger partial charge >= 0.3 is 6.03 Å². The van der Waals surface area contributed by atoms with Crippen LogP contribution in [0.1, 0.15) is 42.9 Å². The molecular formula is C19H24N4O2. The van der Waals surface area contributed by atoms with Gasteiger partial charge in [-0.25, -0.2) is 4.79 Å². The molecule has 0 unspecified atom stereocenters. The molecule has 1 aromatic heterocycles. The highest BCUT2D eigenvalue weighted by molar-refractivity contribution is 5.74. The van der Waals surface area contributed by atoms with Crippen LogP contribution in [0.4, 0.5) is 4.79 Å². The summed E-state index contributed by atoms with van der Waals surface area (Å²) in [5, 5.41) is 10.2. The average Bonchev–Trinajstić information content (AvgIpc) is 3.31. The third-order valence-electron chi connectivity index (χ3n) is 5.44. The Hall–Kier alpha value is -2.50. The number of ether oxygens (including phenoxy) is 1. The molecule has 25 heavy (non-hydrogen) atoms. The number of hydrogen-bond acceptors (Lipinski definition) is 3. The van der Waals surface area contributed by atoms with Crippen molar-refractivity contribution in [2.75, 3.05) is 19.7 Å². The summed E-state index contributed by atoms with van der Waals surface area (Å²) in [6, 6.07) is 10.2. The van der Waals surface area contributed by atoms with E-state index in [4.69, 9.17) is 4.74 Å². The molecule has 3 heterocycles. The van der Waals surface area contributed by atoms with E-state index < -0.39 is 0 Å². The maximum atomic E-state index is 12.6. The number of aromatic amines is 1. The summed E-state index contributed by atoms with van der Waals surface area (Å²) in [5.74, 6) is 1.62. The number of para-hydroxylation sites is 1. The minimum absolute atomic E-state index is 0.0277. The maximum Gasteiger partial charge on any atom is 0.317 e. The molecule has 1 fully saturated rings. The minimum atomic E-state index is 0.0277. The molecule has 0 aliphatic carbocycles. The first-order chi connectivity index (χ1) is 12.2. The van der Waals surface area contributed by atoms with E-state index in [2.05, 4.69) is 28.5 Å². The highest BCUT2D eigenvalue weighted by atomic mass is 16.5. The Morgan fingerprint density at radius 3 is 2.88 bits per heavy atom. The molecule has 2 N–H and O–H groups in total. The van der Waals surface area contributed by atoms with E-state index in [9.17, 15) is 4.79 Å². The molecule has 1 aromatic carbocycles. The van der Waals surface area contributed by atoms with Gasteiger partial charge in [0.05, 0.1) is 6.61 Å². The lowest BCUT2D eigenvalue weighted by Gasteiger charge is -2.33. The van der Waals surface area contributed by atoms with Crippen molar-refractivity contribution in [2.45, 2.75) is 37.6 Å². The van der Waals surface area contributed by atoms with Crippen molar-refractivity contribution >= 4 is 6.03 Å². The van der Waals surface area contributed by atoms with Crippen LogP contribution in [0.15, 0.2) is 36.5 Å². The number of benzene rings is 1. The predicted molar refractivity (Wildman–Crippen MR) is 94.8 cm³/mol. The van der Waals surface area contributed by atoms with Crippen molar-refractivity contribution in [1.29, 1.82) is 0 Å². The molecule has 1 saturated heterocycles. The molecule has 2 aliphatic rings. The molecule has 2 atom stereocenters. The standard InChI is InChI=1S/C19H24N4O2/c1-13(16-12-25-18-5-3-2-4-15(16)18)21-19(24)23-10-7-14(8-11-23)17-6-9-20-22-17/h2-6,9,13-14,16H,7-8,10-12H2,1H3,(H,20,22)(H,21,24)/t13-,16+/m1/s1. The summed E-state index contributed by atoms with van der Waals surface area (Å²) in [6.45, 7) is 4.24. The van der Waals surface area contributed by atoms with E-state index in [0.717, 1.165) is 31.7 Å². The van der Waals surface area contributed by atoms with Crippen molar-refractivity contribution in [1.82, 2.24) is 20.4 Å². The third-order valence-corrected chi connectivity index (χ3v) is 5.44. The number of nitrogens with zero attached hydrogens (tertiary/aromatic N) is 2. The number of carbonyl (C=O) groups excluding carboxylic acids is 1. The number of aromatic nitrogens is 2. The number of urea groups is 1. The Kier molecular flexibility index (Phi) is 4.34. The number of likely N-dealkylation sites (tertiary alicyclic amines) is 1. The van der Waals surface area contributed by atoms with Gasteiger partial charge in [-0.3, -0.25) is 5.10 Å². The van der Waals surface area contributed by atoms with Gasteiger partial charge in [0.2, 0.25) is 0 Å². The molecule has 132 valence electrons. The van der Waals surface area contributed by atoms with Gasteiger partial charge in [0, 0.05) is 48.4 Å². The Morgan fingerprint density at radius 1 is 1.32 bits per heavy atom. The van der Waals surface area contributed by atoms with Crippen LogP contribution in [-0.4, -0.2) is 46.9 Å². The van der Waals surface area contributed by atoms with Crippen molar-refractivity contribution in [3.05, 3.63) is 47.8 Å². The number of fused-ring (bicyclic) bond motifs is 1. The van der Waals surface area contributed by atoms with E-state index in [1.807, 2.05) is 29.2 Å². The van der Waals surface area contributed by atoms with Crippen LogP contribution in [0.25, 0.3) is 0 Å². The number of amides is 2. The van der Waals surface area contributed by atoms with E-state index in [1.54, 1.807) is 6.20 Å². The molecular weight excluding hydrogens is 316 g/mol. The SMILES string of the molecule is C[C@@H](NC(=O)N1CCC(c2ccn[nH]2)CC1)[C@@H]1COc2ccccc21. The second-order valence-corrected chi connectivity index (χ2v) is 6.97. The van der Waals surface area contributed by atoms with E-state index in [0.29, 0.717) is 12.5 Å². The Bertz CT molecular complexity index is 723. The largest absolute Gasteiger partial charge is 0.493 e. The summed E-state index contributed by atoms with van der Waals surface area (Å²) in [7, 11) is 0. The third kappa shape index (κ3) is 3.21. The van der Waals surface area contributed by atoms with Crippen LogP contribution in [0.5, 0.6) is 5.75 Å². The number of piperidine rings is 1. The van der Waals surface area contributed by atoms with Gasteiger partial charge in [-0.1, -0.05) is 18.2 Å². The Labute approximate surface area is 147 Å². The highest BCUT2D eigenvalue weighted by Gasteiger charge is 2.31. The summed E-state index contributed by atoms with van der Waals surface area (Å²) in [4.78, 5) is 14.5. The monoisotopic (exact) mass is 340 g/mol. The molecule has 2 aliphatic heterocycles. The predicted octanol–water partition coefficient (Wildman–Crippen LogP) is 2.86. The zero-order valence-electron chi connectivity index (χ0n) is 14.4. The van der Waals surface area contributed by atoms with Crippen LogP contribution in [0, 0.1) is 0 Å². The number of carbonyl (C=O) groups is 1. The first-order valence-electron chi connectivity index (χ1n) is 8.99. The molecule has 6 heteroatoms. The molecule has 0 spiro atoms. The van der Waals surface area contributed by atoms with Gasteiger partial charge < -0.3 is 15.0 Å². The van der Waals surface area contributed by atoms with Crippen molar-refractivity contribution in [2.24, 2.45) is 0 Å². The second-order valence-electron chi connectivity index (χ2n) is 6.97. The Morgan fingerprint density at radius 2 is 2.12 bits per heavy atom. The fourth-order valence-electron chi connectivity index (χ4n) is 3.88. The summed E-state index contributed by atoms with van der Waals surface area (Å²) in [5.41, 5.74) is 2.36. The normalized spacial score (nSPS) is 21.5. The first-order valence-corrected chi connectivity index (χ1v) is 8.99. The van der Waals surface area contributed by atoms with Gasteiger partial charge in [-0.2, -0.15) is 5.10 Å². The van der Waals surface area contributed by atoms with Crippen LogP contribution in [0.2, 0.25) is 0 Å². The summed E-state index contributed by atoms with van der Waals surface area (Å²) < 4.78 is 5.74. The van der Waals surface area contributed by atoms with E-state index >= 15 is 0 Å². The topological polar surface area (TPSA) is 70.2 Å². The second kappa shape index (κ2) is 6.78. The summed E-state index contributed by atoms with van der Waals surface area (Å²) >= 11 is 0. The lowest BCUT2D eigenvalue weighted by atomic mass is 9.93. The smallest absolute Gasteiger partial charge is 0.317 e. The van der Waals surface area contributed by atoms with Gasteiger partial charge in [0.25, 0.3) is 0 Å². The quantitative estimate of drug-likeness (QED) is 0.902. The number of hydrogen-bond donors (Lipinski definition) is 2. The molecule has 2 amide bonds.